The molecular formula is C20H21NO5S. The zero-order chi connectivity index (χ0) is 18.9. The number of amides is 1. The molecule has 1 saturated carbocycles. The molecule has 1 fully saturated rings. The number of carbonyl (C=O) groups excluding carboxylic acids is 1. The van der Waals surface area contributed by atoms with Gasteiger partial charge in [-0.25, -0.2) is 0 Å². The molecule has 0 spiro atoms. The van der Waals surface area contributed by atoms with Crippen molar-refractivity contribution in [2.24, 2.45) is 5.41 Å². The van der Waals surface area contributed by atoms with E-state index in [1.807, 2.05) is 23.6 Å². The summed E-state index contributed by atoms with van der Waals surface area (Å²) in [5.41, 5.74) is -0.226. The molecule has 0 bridgehead atoms. The van der Waals surface area contributed by atoms with Gasteiger partial charge in [-0.3, -0.25) is 9.59 Å². The SMILES string of the molecule is O=C(CC1(C(=O)O)CCC1)N(Cc1cccs1)c1ccc2c(c1)OCCO2. The Bertz CT molecular complexity index is 844. The lowest BCUT2D eigenvalue weighted by atomic mass is 9.66. The van der Waals surface area contributed by atoms with Gasteiger partial charge >= 0.3 is 5.97 Å². The van der Waals surface area contributed by atoms with Crippen molar-refractivity contribution in [2.75, 3.05) is 18.1 Å². The van der Waals surface area contributed by atoms with Crippen molar-refractivity contribution >= 4 is 28.9 Å². The number of ether oxygens (including phenoxy) is 2. The zero-order valence-corrected chi connectivity index (χ0v) is 15.7. The molecular weight excluding hydrogens is 366 g/mol. The molecule has 2 heterocycles. The molecule has 7 heteroatoms. The van der Waals surface area contributed by atoms with Gasteiger partial charge in [-0.05, 0) is 36.4 Å². The van der Waals surface area contributed by atoms with E-state index in [-0.39, 0.29) is 12.3 Å². The second kappa shape index (κ2) is 7.23. The maximum absolute atomic E-state index is 13.1. The summed E-state index contributed by atoms with van der Waals surface area (Å²) in [6, 6.07) is 9.34. The lowest BCUT2D eigenvalue weighted by Crippen LogP contribution is -2.43. The van der Waals surface area contributed by atoms with Gasteiger partial charge in [-0.1, -0.05) is 12.5 Å². The summed E-state index contributed by atoms with van der Waals surface area (Å²) < 4.78 is 11.2. The lowest BCUT2D eigenvalue weighted by molar-refractivity contribution is -0.157. The highest BCUT2D eigenvalue weighted by atomic mass is 32.1. The Balaban J connectivity index is 1.62. The van der Waals surface area contributed by atoms with Crippen LogP contribution in [0.15, 0.2) is 35.7 Å². The molecule has 0 radical (unpaired) electrons. The van der Waals surface area contributed by atoms with Crippen LogP contribution in [-0.4, -0.2) is 30.2 Å². The maximum Gasteiger partial charge on any atom is 0.310 e. The highest BCUT2D eigenvalue weighted by molar-refractivity contribution is 7.09. The largest absolute Gasteiger partial charge is 0.486 e. The van der Waals surface area contributed by atoms with Gasteiger partial charge in [0.15, 0.2) is 11.5 Å². The highest BCUT2D eigenvalue weighted by Gasteiger charge is 2.46. The number of rotatable bonds is 6. The Labute approximate surface area is 161 Å². The number of carbonyl (C=O) groups is 2. The summed E-state index contributed by atoms with van der Waals surface area (Å²) in [4.78, 5) is 27.5. The van der Waals surface area contributed by atoms with Crippen LogP contribution in [0.2, 0.25) is 0 Å². The average Bonchev–Trinajstić information content (AvgIpc) is 3.15. The van der Waals surface area contributed by atoms with Gasteiger partial charge in [-0.2, -0.15) is 0 Å². The van der Waals surface area contributed by atoms with E-state index < -0.39 is 11.4 Å². The normalized spacial score (nSPS) is 17.0. The first kappa shape index (κ1) is 17.9. The highest BCUT2D eigenvalue weighted by Crippen LogP contribution is 2.45. The number of hydrogen-bond donors (Lipinski definition) is 1. The van der Waals surface area contributed by atoms with E-state index in [9.17, 15) is 14.7 Å². The molecule has 1 aromatic carbocycles. The summed E-state index contributed by atoms with van der Waals surface area (Å²) in [5, 5.41) is 11.6. The molecule has 142 valence electrons. The number of fused-ring (bicyclic) bond motifs is 1. The van der Waals surface area contributed by atoms with Crippen LogP contribution in [0.5, 0.6) is 11.5 Å². The van der Waals surface area contributed by atoms with Crippen molar-refractivity contribution in [2.45, 2.75) is 32.2 Å². The first-order chi connectivity index (χ1) is 13.1. The minimum atomic E-state index is -0.918. The lowest BCUT2D eigenvalue weighted by Gasteiger charge is -2.38. The molecule has 1 N–H and O–H groups in total. The number of aliphatic carboxylic acids is 1. The predicted molar refractivity (Wildman–Crippen MR) is 101 cm³/mol. The monoisotopic (exact) mass is 387 g/mol. The first-order valence-corrected chi connectivity index (χ1v) is 9.91. The van der Waals surface area contributed by atoms with Gasteiger partial charge in [0.25, 0.3) is 0 Å². The Morgan fingerprint density at radius 1 is 1.15 bits per heavy atom. The van der Waals surface area contributed by atoms with Crippen molar-refractivity contribution in [3.05, 3.63) is 40.6 Å². The number of hydrogen-bond acceptors (Lipinski definition) is 5. The van der Waals surface area contributed by atoms with E-state index in [0.717, 1.165) is 11.3 Å². The van der Waals surface area contributed by atoms with Crippen LogP contribution < -0.4 is 14.4 Å². The predicted octanol–water partition coefficient (Wildman–Crippen LogP) is 3.70. The number of carboxylic acid groups (broad SMARTS) is 1. The third kappa shape index (κ3) is 3.51. The second-order valence-electron chi connectivity index (χ2n) is 7.00. The number of thiophene rings is 1. The molecule has 2 aromatic rings. The van der Waals surface area contributed by atoms with Crippen LogP contribution >= 0.6 is 11.3 Å². The Morgan fingerprint density at radius 2 is 1.93 bits per heavy atom. The van der Waals surface area contributed by atoms with Gasteiger partial charge in [0.05, 0.1) is 12.0 Å². The van der Waals surface area contributed by atoms with E-state index in [4.69, 9.17) is 9.47 Å². The average molecular weight is 387 g/mol. The van der Waals surface area contributed by atoms with Crippen LogP contribution in [0.1, 0.15) is 30.6 Å². The fourth-order valence-electron chi connectivity index (χ4n) is 3.54. The van der Waals surface area contributed by atoms with E-state index in [1.54, 1.807) is 28.4 Å². The van der Waals surface area contributed by atoms with Gasteiger partial charge in [0.1, 0.15) is 13.2 Å². The number of benzene rings is 1. The minimum absolute atomic E-state index is 0.0160. The molecule has 6 nitrogen and oxygen atoms in total. The Morgan fingerprint density at radius 3 is 2.56 bits per heavy atom. The third-order valence-electron chi connectivity index (χ3n) is 5.29. The first-order valence-electron chi connectivity index (χ1n) is 9.03. The van der Waals surface area contributed by atoms with Crippen molar-refractivity contribution in [3.63, 3.8) is 0 Å². The van der Waals surface area contributed by atoms with E-state index >= 15 is 0 Å². The molecule has 1 amide bonds. The van der Waals surface area contributed by atoms with Crippen LogP contribution in [0.4, 0.5) is 5.69 Å². The summed E-state index contributed by atoms with van der Waals surface area (Å²) in [6.45, 7) is 1.38. The molecule has 2 aliphatic rings. The maximum atomic E-state index is 13.1. The Kier molecular flexibility index (Phi) is 4.78. The molecule has 27 heavy (non-hydrogen) atoms. The van der Waals surface area contributed by atoms with E-state index in [0.29, 0.717) is 49.8 Å². The minimum Gasteiger partial charge on any atom is -0.486 e. The topological polar surface area (TPSA) is 76.1 Å². The zero-order valence-electron chi connectivity index (χ0n) is 14.8. The van der Waals surface area contributed by atoms with Crippen molar-refractivity contribution in [1.82, 2.24) is 0 Å². The number of anilines is 1. The van der Waals surface area contributed by atoms with Gasteiger partial charge < -0.3 is 19.5 Å². The van der Waals surface area contributed by atoms with Crippen LogP contribution in [0.3, 0.4) is 0 Å². The Hall–Kier alpha value is -2.54. The summed E-state index contributed by atoms with van der Waals surface area (Å²) in [5.74, 6) is 0.219. The summed E-state index contributed by atoms with van der Waals surface area (Å²) in [7, 11) is 0. The van der Waals surface area contributed by atoms with Crippen molar-refractivity contribution < 1.29 is 24.2 Å². The second-order valence-corrected chi connectivity index (χ2v) is 8.04. The fourth-order valence-corrected chi connectivity index (χ4v) is 4.23. The molecule has 1 aliphatic carbocycles. The van der Waals surface area contributed by atoms with Crippen molar-refractivity contribution in [3.8, 4) is 11.5 Å². The number of nitrogens with zero attached hydrogens (tertiary/aromatic N) is 1. The van der Waals surface area contributed by atoms with Gasteiger partial charge in [0.2, 0.25) is 5.91 Å². The molecule has 4 rings (SSSR count). The van der Waals surface area contributed by atoms with Gasteiger partial charge in [-0.15, -0.1) is 11.3 Å². The van der Waals surface area contributed by atoms with Crippen molar-refractivity contribution in [1.29, 1.82) is 0 Å². The fraction of sp³-hybridized carbons (Fsp3) is 0.400. The molecule has 1 aliphatic heterocycles. The van der Waals surface area contributed by atoms with Gasteiger partial charge in [0, 0.05) is 23.1 Å². The standard InChI is InChI=1S/C20H21NO5S/c22-18(12-20(19(23)24)6-2-7-20)21(13-15-3-1-10-27-15)14-4-5-16-17(11-14)26-9-8-25-16/h1,3-5,10-11H,2,6-9,12-13H2,(H,23,24). The quantitative estimate of drug-likeness (QED) is 0.818. The smallest absolute Gasteiger partial charge is 0.310 e. The van der Waals surface area contributed by atoms with Crippen LogP contribution in [-0.2, 0) is 16.1 Å². The summed E-state index contributed by atoms with van der Waals surface area (Å²) >= 11 is 1.57. The number of carboxylic acids is 1. The van der Waals surface area contributed by atoms with Crippen LogP contribution in [0.25, 0.3) is 0 Å². The summed E-state index contributed by atoms with van der Waals surface area (Å²) in [6.07, 6.45) is 1.99. The van der Waals surface area contributed by atoms with Crippen LogP contribution in [0, 0.1) is 5.41 Å². The molecule has 1 aromatic heterocycles. The van der Waals surface area contributed by atoms with E-state index in [2.05, 4.69) is 0 Å². The van der Waals surface area contributed by atoms with E-state index in [1.165, 1.54) is 0 Å². The third-order valence-corrected chi connectivity index (χ3v) is 6.15. The molecule has 0 atom stereocenters. The molecule has 0 unspecified atom stereocenters. The molecule has 0 saturated heterocycles.